The molecule has 0 unspecified atom stereocenters. The van der Waals surface area contributed by atoms with E-state index in [4.69, 9.17) is 16.3 Å². The molecule has 2 aromatic rings. The number of amides is 1. The van der Waals surface area contributed by atoms with Gasteiger partial charge in [0, 0.05) is 10.4 Å². The number of carbonyl (C=O) groups excluding carboxylic acids is 2. The Kier molecular flexibility index (Phi) is 6.46. The summed E-state index contributed by atoms with van der Waals surface area (Å²) in [6.45, 7) is 8.23. The Hall–Kier alpha value is -1.97. The largest absolute Gasteiger partial charge is 0.465 e. The van der Waals surface area contributed by atoms with Gasteiger partial charge in [-0.3, -0.25) is 4.79 Å². The average Bonchev–Trinajstić information content (AvgIpc) is 3.05. The predicted octanol–water partition coefficient (Wildman–Crippen LogP) is 4.07. The van der Waals surface area contributed by atoms with Crippen molar-refractivity contribution in [3.63, 3.8) is 0 Å². The van der Waals surface area contributed by atoms with Crippen LogP contribution < -0.4 is 5.32 Å². The van der Waals surface area contributed by atoms with E-state index >= 15 is 0 Å². The minimum atomic E-state index is -4.01. The number of halogens is 1. The van der Waals surface area contributed by atoms with E-state index in [1.54, 1.807) is 0 Å². The molecule has 1 amide bonds. The second-order valence-corrected chi connectivity index (χ2v) is 11.8. The molecule has 0 saturated carbocycles. The summed E-state index contributed by atoms with van der Waals surface area (Å²) in [5.41, 5.74) is -0.0171. The molecule has 0 aliphatic carbocycles. The topological polar surface area (TPSA) is 102 Å². The molecule has 158 valence electrons. The first-order valence-electron chi connectivity index (χ1n) is 8.63. The second-order valence-electron chi connectivity index (χ2n) is 7.86. The maximum atomic E-state index is 13.0. The molecular weight excluding hydrogens is 436 g/mol. The van der Waals surface area contributed by atoms with Crippen LogP contribution in [0.3, 0.4) is 0 Å². The van der Waals surface area contributed by atoms with E-state index in [0.29, 0.717) is 10.7 Å². The van der Waals surface area contributed by atoms with Crippen LogP contribution >= 0.6 is 22.9 Å². The Morgan fingerprint density at radius 2 is 1.66 bits per heavy atom. The molecule has 0 bridgehead atoms. The number of nitrogens with one attached hydrogen (secondary N) is 1. The number of carbonyl (C=O) groups is 2. The quantitative estimate of drug-likeness (QED) is 0.677. The molecule has 0 saturated heterocycles. The van der Waals surface area contributed by atoms with Crippen LogP contribution in [0, 0.1) is 0 Å². The molecule has 7 nitrogen and oxygen atoms in total. The SMILES string of the molecule is COC(=O)c1sc(NC(=O)C(C)(C)S(=O)(=O)c2ccc(Cl)cc2)nc1C(C)(C)C. The van der Waals surface area contributed by atoms with E-state index in [1.165, 1.54) is 45.2 Å². The number of sulfone groups is 1. The summed E-state index contributed by atoms with van der Waals surface area (Å²) >= 11 is 6.76. The zero-order chi connectivity index (χ0) is 22.2. The van der Waals surface area contributed by atoms with Gasteiger partial charge in [0.2, 0.25) is 5.91 Å². The van der Waals surface area contributed by atoms with E-state index in [2.05, 4.69) is 10.3 Å². The molecule has 1 aromatic heterocycles. The Morgan fingerprint density at radius 3 is 2.14 bits per heavy atom. The highest BCUT2D eigenvalue weighted by Gasteiger charge is 2.43. The number of hydrogen-bond acceptors (Lipinski definition) is 7. The number of esters is 1. The van der Waals surface area contributed by atoms with Crippen molar-refractivity contribution < 1.29 is 22.7 Å². The van der Waals surface area contributed by atoms with Gasteiger partial charge in [-0.1, -0.05) is 43.7 Å². The van der Waals surface area contributed by atoms with Crippen LogP contribution in [0.2, 0.25) is 5.02 Å². The van der Waals surface area contributed by atoms with E-state index < -0.39 is 31.9 Å². The lowest BCUT2D eigenvalue weighted by molar-refractivity contribution is -0.117. The molecule has 29 heavy (non-hydrogen) atoms. The van der Waals surface area contributed by atoms with Crippen molar-refractivity contribution in [2.45, 2.75) is 49.7 Å². The highest BCUT2D eigenvalue weighted by Crippen LogP contribution is 2.34. The highest BCUT2D eigenvalue weighted by atomic mass is 35.5. The van der Waals surface area contributed by atoms with Crippen molar-refractivity contribution in [2.75, 3.05) is 12.4 Å². The molecule has 2 rings (SSSR count). The summed E-state index contributed by atoms with van der Waals surface area (Å²) < 4.78 is 29.0. The molecule has 0 radical (unpaired) electrons. The summed E-state index contributed by atoms with van der Waals surface area (Å²) in [5.74, 6) is -1.33. The molecule has 10 heteroatoms. The lowest BCUT2D eigenvalue weighted by Gasteiger charge is -2.23. The minimum Gasteiger partial charge on any atom is -0.465 e. The number of benzene rings is 1. The third kappa shape index (κ3) is 4.62. The third-order valence-electron chi connectivity index (χ3n) is 4.27. The third-order valence-corrected chi connectivity index (χ3v) is 7.90. The molecule has 1 N–H and O–H groups in total. The summed E-state index contributed by atoms with van der Waals surface area (Å²) in [5, 5.41) is 3.05. The van der Waals surface area contributed by atoms with Gasteiger partial charge in [-0.05, 0) is 38.1 Å². The zero-order valence-corrected chi connectivity index (χ0v) is 19.4. The van der Waals surface area contributed by atoms with E-state index in [9.17, 15) is 18.0 Å². The number of nitrogens with zero attached hydrogens (tertiary/aromatic N) is 1. The second kappa shape index (κ2) is 8.04. The fraction of sp³-hybridized carbons (Fsp3) is 0.421. The Labute approximate surface area is 179 Å². The van der Waals surface area contributed by atoms with Crippen LogP contribution in [0.1, 0.15) is 50.0 Å². The summed E-state index contributed by atoms with van der Waals surface area (Å²) in [6.07, 6.45) is 0. The van der Waals surface area contributed by atoms with Crippen LogP contribution in [0.25, 0.3) is 0 Å². The number of thiazole rings is 1. The average molecular weight is 459 g/mol. The fourth-order valence-electron chi connectivity index (χ4n) is 2.39. The lowest BCUT2D eigenvalue weighted by Crippen LogP contribution is -2.44. The number of methoxy groups -OCH3 is 1. The van der Waals surface area contributed by atoms with Gasteiger partial charge in [0.25, 0.3) is 0 Å². The molecule has 0 atom stereocenters. The van der Waals surface area contributed by atoms with Crippen LogP contribution in [-0.4, -0.2) is 37.1 Å². The van der Waals surface area contributed by atoms with Gasteiger partial charge in [0.1, 0.15) is 9.62 Å². The van der Waals surface area contributed by atoms with Gasteiger partial charge in [0.15, 0.2) is 15.0 Å². The van der Waals surface area contributed by atoms with Gasteiger partial charge in [-0.15, -0.1) is 0 Å². The van der Waals surface area contributed by atoms with Crippen molar-refractivity contribution in [3.8, 4) is 0 Å². The van der Waals surface area contributed by atoms with Crippen molar-refractivity contribution in [1.29, 1.82) is 0 Å². The molecule has 0 spiro atoms. The first-order chi connectivity index (χ1) is 13.2. The lowest BCUT2D eigenvalue weighted by atomic mass is 9.91. The van der Waals surface area contributed by atoms with Gasteiger partial charge in [0.05, 0.1) is 17.7 Å². The first-order valence-corrected chi connectivity index (χ1v) is 11.3. The number of anilines is 1. The van der Waals surface area contributed by atoms with Crippen LogP contribution in [0.5, 0.6) is 0 Å². The van der Waals surface area contributed by atoms with Crippen LogP contribution in [0.4, 0.5) is 5.13 Å². The fourth-order valence-corrected chi connectivity index (χ4v) is 4.98. The molecule has 1 heterocycles. The maximum absolute atomic E-state index is 13.0. The van der Waals surface area contributed by atoms with Gasteiger partial charge in [-0.25, -0.2) is 18.2 Å². The minimum absolute atomic E-state index is 0.0215. The summed E-state index contributed by atoms with van der Waals surface area (Å²) in [4.78, 5) is 29.5. The number of aromatic nitrogens is 1. The highest BCUT2D eigenvalue weighted by molar-refractivity contribution is 7.93. The molecule has 0 fully saturated rings. The van der Waals surface area contributed by atoms with E-state index in [0.717, 1.165) is 11.3 Å². The summed E-state index contributed by atoms with van der Waals surface area (Å²) in [6, 6.07) is 5.59. The molecular formula is C19H23ClN2O5S2. The Morgan fingerprint density at radius 1 is 1.10 bits per heavy atom. The van der Waals surface area contributed by atoms with Crippen LogP contribution in [0.15, 0.2) is 29.2 Å². The Bertz CT molecular complexity index is 1040. The molecule has 0 aliphatic rings. The number of hydrogen-bond donors (Lipinski definition) is 1. The number of rotatable bonds is 5. The zero-order valence-electron chi connectivity index (χ0n) is 17.0. The Balaban J connectivity index is 2.39. The van der Waals surface area contributed by atoms with Crippen molar-refractivity contribution in [3.05, 3.63) is 39.9 Å². The maximum Gasteiger partial charge on any atom is 0.350 e. The normalized spacial score (nSPS) is 12.5. The molecule has 1 aromatic carbocycles. The van der Waals surface area contributed by atoms with Crippen LogP contribution in [-0.2, 0) is 24.8 Å². The van der Waals surface area contributed by atoms with Crippen molar-refractivity contribution >= 4 is 49.8 Å². The summed E-state index contributed by atoms with van der Waals surface area (Å²) in [7, 11) is -2.75. The first kappa shape index (κ1) is 23.3. The van der Waals surface area contributed by atoms with Crippen molar-refractivity contribution in [2.24, 2.45) is 0 Å². The van der Waals surface area contributed by atoms with Gasteiger partial charge in [-0.2, -0.15) is 0 Å². The number of ether oxygens (including phenoxy) is 1. The molecule has 0 aliphatic heterocycles. The van der Waals surface area contributed by atoms with E-state index in [-0.39, 0.29) is 14.9 Å². The van der Waals surface area contributed by atoms with Crippen molar-refractivity contribution in [1.82, 2.24) is 4.98 Å². The van der Waals surface area contributed by atoms with Gasteiger partial charge < -0.3 is 10.1 Å². The van der Waals surface area contributed by atoms with E-state index in [1.807, 2.05) is 20.8 Å². The smallest absolute Gasteiger partial charge is 0.350 e. The predicted molar refractivity (Wildman–Crippen MR) is 114 cm³/mol. The van der Waals surface area contributed by atoms with Gasteiger partial charge >= 0.3 is 5.97 Å². The standard InChI is InChI=1S/C19H23ClN2O5S2/c1-18(2,3)14-13(15(23)27-6)28-17(21-14)22-16(24)19(4,5)29(25,26)12-9-7-11(20)8-10-12/h7-10H,1-6H3,(H,21,22,24). The monoisotopic (exact) mass is 458 g/mol.